The van der Waals surface area contributed by atoms with E-state index in [9.17, 15) is 5.11 Å². The quantitative estimate of drug-likeness (QED) is 0.724. The molecule has 3 aromatic rings. The van der Waals surface area contributed by atoms with Crippen molar-refractivity contribution in [1.82, 2.24) is 19.9 Å². The Bertz CT molecular complexity index is 932. The number of aliphatic hydroxyl groups excluding tert-OH is 1. The van der Waals surface area contributed by atoms with Crippen molar-refractivity contribution in [2.45, 2.75) is 19.2 Å². The van der Waals surface area contributed by atoms with E-state index in [1.54, 1.807) is 32.7 Å². The topological polar surface area (TPSA) is 80.6 Å². The van der Waals surface area contributed by atoms with Crippen molar-refractivity contribution in [3.8, 4) is 22.3 Å². The maximum Gasteiger partial charge on any atom is 0.188 e. The second-order valence-electron chi connectivity index (χ2n) is 6.26. The molecule has 0 fully saturated rings. The van der Waals surface area contributed by atoms with Gasteiger partial charge in [0.2, 0.25) is 0 Å². The fourth-order valence-electron chi connectivity index (χ4n) is 3.39. The summed E-state index contributed by atoms with van der Waals surface area (Å²) in [6.45, 7) is 1.78. The highest BCUT2D eigenvalue weighted by molar-refractivity contribution is 7.13. The number of ether oxygens (including phenoxy) is 2. The molecular formula is C19H20N4O3S. The Kier molecular flexibility index (Phi) is 5.02. The van der Waals surface area contributed by atoms with Crippen LogP contribution in [0.2, 0.25) is 0 Å². The van der Waals surface area contributed by atoms with Crippen molar-refractivity contribution in [3.63, 3.8) is 0 Å². The van der Waals surface area contributed by atoms with Gasteiger partial charge in [0.25, 0.3) is 0 Å². The lowest BCUT2D eigenvalue weighted by atomic mass is 9.95. The van der Waals surface area contributed by atoms with Crippen LogP contribution in [-0.4, -0.2) is 45.7 Å². The fraction of sp³-hybridized carbons (Fsp3) is 0.316. The van der Waals surface area contributed by atoms with Crippen molar-refractivity contribution in [3.05, 3.63) is 52.8 Å². The predicted molar refractivity (Wildman–Crippen MR) is 102 cm³/mol. The Hall–Kier alpha value is -2.55. The highest BCUT2D eigenvalue weighted by Crippen LogP contribution is 2.39. The SMILES string of the molecule is COc1ccc(OC)c2c1CN(Cc1csc(-c3ncccn3)n1)C[C@H]2O. The summed E-state index contributed by atoms with van der Waals surface area (Å²) in [7, 11) is 3.25. The van der Waals surface area contributed by atoms with Crippen LogP contribution in [-0.2, 0) is 13.1 Å². The average Bonchev–Trinajstić information content (AvgIpc) is 3.16. The van der Waals surface area contributed by atoms with Crippen molar-refractivity contribution < 1.29 is 14.6 Å². The average molecular weight is 384 g/mol. The molecule has 0 radical (unpaired) electrons. The highest BCUT2D eigenvalue weighted by Gasteiger charge is 2.30. The first-order valence-electron chi connectivity index (χ1n) is 8.55. The number of β-amino-alcohol motifs (C(OH)–C–C–N with tert-alkyl or cyclic N) is 1. The highest BCUT2D eigenvalue weighted by atomic mass is 32.1. The standard InChI is InChI=1S/C19H20N4O3S/c1-25-15-4-5-16(26-2)17-13(15)9-23(10-14(17)24)8-12-11-27-19(22-12)18-20-6-3-7-21-18/h3-7,11,14,24H,8-10H2,1-2H3/t14-/m1/s1. The molecule has 0 amide bonds. The molecule has 8 heteroatoms. The van der Waals surface area contributed by atoms with Crippen LogP contribution in [0, 0.1) is 0 Å². The Morgan fingerprint density at radius 2 is 1.93 bits per heavy atom. The molecule has 2 aromatic heterocycles. The minimum absolute atomic E-state index is 0.505. The Morgan fingerprint density at radius 3 is 2.67 bits per heavy atom. The van der Waals surface area contributed by atoms with E-state index in [0.29, 0.717) is 31.2 Å². The summed E-state index contributed by atoms with van der Waals surface area (Å²) in [5.74, 6) is 2.07. The number of aromatic nitrogens is 3. The molecule has 1 aromatic carbocycles. The second-order valence-corrected chi connectivity index (χ2v) is 7.12. The van der Waals surface area contributed by atoms with Crippen molar-refractivity contribution >= 4 is 11.3 Å². The normalized spacial score (nSPS) is 16.8. The number of benzene rings is 1. The lowest BCUT2D eigenvalue weighted by Crippen LogP contribution is -2.33. The maximum atomic E-state index is 10.7. The minimum Gasteiger partial charge on any atom is -0.496 e. The lowest BCUT2D eigenvalue weighted by molar-refractivity contribution is 0.0837. The Balaban J connectivity index is 1.57. The van der Waals surface area contributed by atoms with E-state index < -0.39 is 6.10 Å². The fourth-order valence-corrected chi connectivity index (χ4v) is 4.14. The van der Waals surface area contributed by atoms with Crippen molar-refractivity contribution in [2.24, 2.45) is 0 Å². The van der Waals surface area contributed by atoms with Crippen LogP contribution in [0.5, 0.6) is 11.5 Å². The molecule has 0 spiro atoms. The molecule has 3 heterocycles. The van der Waals surface area contributed by atoms with E-state index in [1.807, 2.05) is 17.5 Å². The number of nitrogens with zero attached hydrogens (tertiary/aromatic N) is 4. The van der Waals surface area contributed by atoms with Crippen LogP contribution in [0.25, 0.3) is 10.8 Å². The number of fused-ring (bicyclic) bond motifs is 1. The molecule has 1 aliphatic heterocycles. The number of hydrogen-bond acceptors (Lipinski definition) is 8. The lowest BCUT2D eigenvalue weighted by Gasteiger charge is -2.33. The summed E-state index contributed by atoms with van der Waals surface area (Å²) in [6.07, 6.45) is 2.77. The Morgan fingerprint density at radius 1 is 1.19 bits per heavy atom. The largest absolute Gasteiger partial charge is 0.496 e. The van der Waals surface area contributed by atoms with Gasteiger partial charge in [0, 0.05) is 48.5 Å². The van der Waals surface area contributed by atoms with Crippen LogP contribution in [0.1, 0.15) is 22.9 Å². The van der Waals surface area contributed by atoms with Gasteiger partial charge in [-0.1, -0.05) is 0 Å². The van der Waals surface area contributed by atoms with Crippen LogP contribution >= 0.6 is 11.3 Å². The van der Waals surface area contributed by atoms with Gasteiger partial charge < -0.3 is 14.6 Å². The number of methoxy groups -OCH3 is 2. The third-order valence-corrected chi connectivity index (χ3v) is 5.44. The van der Waals surface area contributed by atoms with E-state index in [0.717, 1.165) is 27.6 Å². The van der Waals surface area contributed by atoms with Gasteiger partial charge in [-0.15, -0.1) is 11.3 Å². The molecule has 0 aliphatic carbocycles. The smallest absolute Gasteiger partial charge is 0.188 e. The summed E-state index contributed by atoms with van der Waals surface area (Å²) in [4.78, 5) is 15.3. The molecular weight excluding hydrogens is 364 g/mol. The van der Waals surface area contributed by atoms with Crippen molar-refractivity contribution in [1.29, 1.82) is 0 Å². The van der Waals surface area contributed by atoms with Gasteiger partial charge in [-0.2, -0.15) is 0 Å². The molecule has 0 saturated carbocycles. The van der Waals surface area contributed by atoms with Crippen LogP contribution in [0.4, 0.5) is 0 Å². The molecule has 0 saturated heterocycles. The number of aliphatic hydroxyl groups is 1. The first kappa shape index (κ1) is 17.8. The summed E-state index contributed by atoms with van der Waals surface area (Å²) in [5, 5.41) is 13.5. The zero-order valence-electron chi connectivity index (χ0n) is 15.1. The molecule has 1 atom stereocenters. The van der Waals surface area contributed by atoms with Crippen LogP contribution in [0.3, 0.4) is 0 Å². The van der Waals surface area contributed by atoms with E-state index in [2.05, 4.69) is 19.9 Å². The minimum atomic E-state index is -0.644. The Labute approximate surface area is 161 Å². The summed E-state index contributed by atoms with van der Waals surface area (Å²) in [6, 6.07) is 5.50. The third kappa shape index (κ3) is 3.51. The first-order valence-corrected chi connectivity index (χ1v) is 9.43. The number of thiazole rings is 1. The summed E-state index contributed by atoms with van der Waals surface area (Å²) in [5.41, 5.74) is 2.70. The molecule has 4 rings (SSSR count). The maximum absolute atomic E-state index is 10.7. The monoisotopic (exact) mass is 384 g/mol. The van der Waals surface area contributed by atoms with Gasteiger partial charge >= 0.3 is 0 Å². The van der Waals surface area contributed by atoms with Gasteiger partial charge in [0.05, 0.1) is 26.0 Å². The molecule has 27 heavy (non-hydrogen) atoms. The molecule has 7 nitrogen and oxygen atoms in total. The van der Waals surface area contributed by atoms with Gasteiger partial charge in [-0.05, 0) is 18.2 Å². The van der Waals surface area contributed by atoms with Gasteiger partial charge in [-0.3, -0.25) is 4.90 Å². The molecule has 1 N–H and O–H groups in total. The van der Waals surface area contributed by atoms with E-state index in [1.165, 1.54) is 11.3 Å². The predicted octanol–water partition coefficient (Wildman–Crippen LogP) is 2.67. The summed E-state index contributed by atoms with van der Waals surface area (Å²) < 4.78 is 10.9. The van der Waals surface area contributed by atoms with E-state index in [4.69, 9.17) is 9.47 Å². The second kappa shape index (κ2) is 7.59. The first-order chi connectivity index (χ1) is 13.2. The van der Waals surface area contributed by atoms with E-state index in [-0.39, 0.29) is 0 Å². The van der Waals surface area contributed by atoms with Gasteiger partial charge in [0.15, 0.2) is 10.8 Å². The molecule has 0 bridgehead atoms. The van der Waals surface area contributed by atoms with Gasteiger partial charge in [-0.25, -0.2) is 15.0 Å². The summed E-state index contributed by atoms with van der Waals surface area (Å²) >= 11 is 1.52. The van der Waals surface area contributed by atoms with Crippen LogP contribution in [0.15, 0.2) is 36.0 Å². The van der Waals surface area contributed by atoms with Gasteiger partial charge in [0.1, 0.15) is 11.5 Å². The molecule has 1 aliphatic rings. The number of hydrogen-bond donors (Lipinski definition) is 1. The third-order valence-electron chi connectivity index (χ3n) is 4.55. The molecule has 0 unspecified atom stereocenters. The van der Waals surface area contributed by atoms with E-state index >= 15 is 0 Å². The van der Waals surface area contributed by atoms with Crippen LogP contribution < -0.4 is 9.47 Å². The zero-order valence-corrected chi connectivity index (χ0v) is 15.9. The number of rotatable bonds is 5. The zero-order chi connectivity index (χ0) is 18.8. The van der Waals surface area contributed by atoms with Crippen molar-refractivity contribution in [2.75, 3.05) is 20.8 Å². The molecule has 140 valence electrons.